The number of hydrogen-bond acceptors (Lipinski definition) is 3. The summed E-state index contributed by atoms with van der Waals surface area (Å²) in [4.78, 5) is 12.9. The van der Waals surface area contributed by atoms with Crippen LogP contribution in [0.2, 0.25) is 0 Å². The summed E-state index contributed by atoms with van der Waals surface area (Å²) >= 11 is 0. The Balaban J connectivity index is 1.88. The molecule has 2 rings (SSSR count). The van der Waals surface area contributed by atoms with Crippen LogP contribution in [0.3, 0.4) is 0 Å². The molecule has 1 aromatic rings. The molecular formula is C12H16N2O2. The standard InChI is InChI=1S/C12H16N2O2/c13-12(15)16-11-6-8-14(9-7-11)10-4-2-1-3-5-10/h1-5,11H,6-9H2,(H2,13,15). The van der Waals surface area contributed by atoms with Crippen molar-refractivity contribution in [3.8, 4) is 0 Å². The summed E-state index contributed by atoms with van der Waals surface area (Å²) in [6.45, 7) is 1.81. The van der Waals surface area contributed by atoms with Crippen molar-refractivity contribution in [1.82, 2.24) is 0 Å². The molecule has 2 N–H and O–H groups in total. The Hall–Kier alpha value is -1.71. The molecule has 0 aliphatic carbocycles. The van der Waals surface area contributed by atoms with E-state index in [9.17, 15) is 4.79 Å². The Morgan fingerprint density at radius 3 is 2.44 bits per heavy atom. The third kappa shape index (κ3) is 2.66. The fourth-order valence-corrected chi connectivity index (χ4v) is 2.03. The SMILES string of the molecule is NC(=O)OC1CCN(c2ccccc2)CC1. The molecule has 0 spiro atoms. The molecule has 4 heteroatoms. The van der Waals surface area contributed by atoms with Gasteiger partial charge in [-0.25, -0.2) is 4.79 Å². The van der Waals surface area contributed by atoms with Crippen LogP contribution in [0.5, 0.6) is 0 Å². The quantitative estimate of drug-likeness (QED) is 0.826. The summed E-state index contributed by atoms with van der Waals surface area (Å²) in [6, 6.07) is 10.2. The molecule has 0 atom stereocenters. The van der Waals surface area contributed by atoms with Crippen molar-refractivity contribution >= 4 is 11.8 Å². The zero-order valence-corrected chi connectivity index (χ0v) is 9.13. The Morgan fingerprint density at radius 1 is 1.25 bits per heavy atom. The predicted octanol–water partition coefficient (Wildman–Crippen LogP) is 1.75. The molecule has 1 aromatic carbocycles. The number of amides is 1. The first-order valence-electron chi connectivity index (χ1n) is 5.52. The predicted molar refractivity (Wildman–Crippen MR) is 62.3 cm³/mol. The average Bonchev–Trinajstić information content (AvgIpc) is 2.30. The number of hydrogen-bond donors (Lipinski definition) is 1. The largest absolute Gasteiger partial charge is 0.446 e. The molecule has 4 nitrogen and oxygen atoms in total. The number of anilines is 1. The van der Waals surface area contributed by atoms with Crippen molar-refractivity contribution in [1.29, 1.82) is 0 Å². The van der Waals surface area contributed by atoms with Gasteiger partial charge in [0, 0.05) is 31.6 Å². The van der Waals surface area contributed by atoms with Gasteiger partial charge < -0.3 is 15.4 Å². The zero-order valence-electron chi connectivity index (χ0n) is 9.13. The molecule has 1 heterocycles. The van der Waals surface area contributed by atoms with E-state index in [1.165, 1.54) is 5.69 Å². The lowest BCUT2D eigenvalue weighted by atomic mass is 10.1. The molecule has 86 valence electrons. The third-order valence-corrected chi connectivity index (χ3v) is 2.85. The number of piperidine rings is 1. The molecule has 1 aliphatic heterocycles. The van der Waals surface area contributed by atoms with Gasteiger partial charge in [0.25, 0.3) is 0 Å². The number of benzene rings is 1. The van der Waals surface area contributed by atoms with Gasteiger partial charge in [0.15, 0.2) is 0 Å². The van der Waals surface area contributed by atoms with Crippen molar-refractivity contribution in [3.63, 3.8) is 0 Å². The Morgan fingerprint density at radius 2 is 1.88 bits per heavy atom. The van der Waals surface area contributed by atoms with Gasteiger partial charge >= 0.3 is 6.09 Å². The van der Waals surface area contributed by atoms with Gasteiger partial charge in [0.05, 0.1) is 0 Å². The molecule has 0 aromatic heterocycles. The molecule has 16 heavy (non-hydrogen) atoms. The van der Waals surface area contributed by atoms with E-state index in [-0.39, 0.29) is 6.10 Å². The molecule has 0 bridgehead atoms. The van der Waals surface area contributed by atoms with E-state index in [2.05, 4.69) is 17.0 Å². The Kier molecular flexibility index (Phi) is 3.29. The fourth-order valence-electron chi connectivity index (χ4n) is 2.03. The molecule has 1 amide bonds. The Bertz CT molecular complexity index is 345. The van der Waals surface area contributed by atoms with Crippen LogP contribution < -0.4 is 10.6 Å². The molecular weight excluding hydrogens is 204 g/mol. The van der Waals surface area contributed by atoms with E-state index in [4.69, 9.17) is 10.5 Å². The van der Waals surface area contributed by atoms with Gasteiger partial charge in [0.2, 0.25) is 0 Å². The van der Waals surface area contributed by atoms with Gasteiger partial charge in [0.1, 0.15) is 6.10 Å². The molecule has 1 fully saturated rings. The minimum absolute atomic E-state index is 0.0162. The number of carbonyl (C=O) groups is 1. The van der Waals surface area contributed by atoms with Crippen LogP contribution in [0.15, 0.2) is 30.3 Å². The van der Waals surface area contributed by atoms with Gasteiger partial charge in [-0.3, -0.25) is 0 Å². The summed E-state index contributed by atoms with van der Waals surface area (Å²) in [5.41, 5.74) is 6.22. The van der Waals surface area contributed by atoms with E-state index in [1.54, 1.807) is 0 Å². The molecule has 1 aliphatic rings. The van der Waals surface area contributed by atoms with Crippen LogP contribution in [-0.2, 0) is 4.74 Å². The highest BCUT2D eigenvalue weighted by molar-refractivity contribution is 5.64. The summed E-state index contributed by atoms with van der Waals surface area (Å²) in [5.74, 6) is 0. The number of para-hydroxylation sites is 1. The topological polar surface area (TPSA) is 55.6 Å². The van der Waals surface area contributed by atoms with Gasteiger partial charge in [-0.1, -0.05) is 18.2 Å². The summed E-state index contributed by atoms with van der Waals surface area (Å²) < 4.78 is 4.99. The van der Waals surface area contributed by atoms with Crippen LogP contribution in [0.25, 0.3) is 0 Å². The number of carbonyl (C=O) groups excluding carboxylic acids is 1. The third-order valence-electron chi connectivity index (χ3n) is 2.85. The summed E-state index contributed by atoms with van der Waals surface area (Å²) in [5, 5.41) is 0. The van der Waals surface area contributed by atoms with Gasteiger partial charge in [-0.2, -0.15) is 0 Å². The van der Waals surface area contributed by atoms with E-state index in [0.717, 1.165) is 25.9 Å². The number of primary amides is 1. The van der Waals surface area contributed by atoms with Crippen molar-refractivity contribution in [2.24, 2.45) is 5.73 Å². The number of nitrogens with zero attached hydrogens (tertiary/aromatic N) is 1. The van der Waals surface area contributed by atoms with Crippen LogP contribution in [0.4, 0.5) is 10.5 Å². The second kappa shape index (κ2) is 4.88. The monoisotopic (exact) mass is 220 g/mol. The van der Waals surface area contributed by atoms with Gasteiger partial charge in [-0.05, 0) is 12.1 Å². The highest BCUT2D eigenvalue weighted by Gasteiger charge is 2.21. The first-order chi connectivity index (χ1) is 7.75. The normalized spacial score (nSPS) is 17.1. The van der Waals surface area contributed by atoms with Crippen molar-refractivity contribution in [2.75, 3.05) is 18.0 Å². The molecule has 1 saturated heterocycles. The highest BCUT2D eigenvalue weighted by atomic mass is 16.6. The van der Waals surface area contributed by atoms with Crippen molar-refractivity contribution in [2.45, 2.75) is 18.9 Å². The Labute approximate surface area is 95.0 Å². The molecule has 0 radical (unpaired) electrons. The van der Waals surface area contributed by atoms with Crippen LogP contribution in [0, 0.1) is 0 Å². The van der Waals surface area contributed by atoms with Crippen LogP contribution in [0.1, 0.15) is 12.8 Å². The highest BCUT2D eigenvalue weighted by Crippen LogP contribution is 2.20. The molecule has 0 unspecified atom stereocenters. The van der Waals surface area contributed by atoms with E-state index in [0.29, 0.717) is 0 Å². The maximum Gasteiger partial charge on any atom is 0.404 e. The van der Waals surface area contributed by atoms with Crippen molar-refractivity contribution < 1.29 is 9.53 Å². The lowest BCUT2D eigenvalue weighted by Gasteiger charge is -2.32. The smallest absolute Gasteiger partial charge is 0.404 e. The summed E-state index contributed by atoms with van der Waals surface area (Å²) in [7, 11) is 0. The first-order valence-corrected chi connectivity index (χ1v) is 5.52. The minimum Gasteiger partial charge on any atom is -0.446 e. The second-order valence-electron chi connectivity index (χ2n) is 3.96. The van der Waals surface area contributed by atoms with E-state index >= 15 is 0 Å². The first kappa shape index (κ1) is 10.8. The average molecular weight is 220 g/mol. The number of nitrogens with two attached hydrogens (primary N) is 1. The van der Waals surface area contributed by atoms with Crippen LogP contribution in [-0.4, -0.2) is 25.3 Å². The van der Waals surface area contributed by atoms with Crippen LogP contribution >= 0.6 is 0 Å². The zero-order chi connectivity index (χ0) is 11.4. The number of rotatable bonds is 2. The van der Waals surface area contributed by atoms with Crippen molar-refractivity contribution in [3.05, 3.63) is 30.3 Å². The second-order valence-corrected chi connectivity index (χ2v) is 3.96. The van der Waals surface area contributed by atoms with Gasteiger partial charge in [-0.15, -0.1) is 0 Å². The maximum atomic E-state index is 10.6. The summed E-state index contributed by atoms with van der Waals surface area (Å²) in [6.07, 6.45) is 1.01. The lowest BCUT2D eigenvalue weighted by Crippen LogP contribution is -2.38. The maximum absolute atomic E-state index is 10.6. The number of ether oxygens (including phenoxy) is 1. The lowest BCUT2D eigenvalue weighted by molar-refractivity contribution is 0.0912. The molecule has 0 saturated carbocycles. The van der Waals surface area contributed by atoms with E-state index < -0.39 is 6.09 Å². The fraction of sp³-hybridized carbons (Fsp3) is 0.417. The van der Waals surface area contributed by atoms with E-state index in [1.807, 2.05) is 18.2 Å². The minimum atomic E-state index is -0.668.